The molecule has 0 amide bonds. The van der Waals surface area contributed by atoms with E-state index in [4.69, 9.17) is 10.5 Å². The van der Waals surface area contributed by atoms with Gasteiger partial charge in [-0.25, -0.2) is 9.37 Å². The number of halogens is 1. The quantitative estimate of drug-likeness (QED) is 0.912. The standard InChI is InChI=1S/C12H13FN2OS/c1-7-8(2)17-12(15-7)16-11-4-3-9(6-14)5-10(11)13/h3-5H,6,14H2,1-2H3. The van der Waals surface area contributed by atoms with Crippen LogP contribution in [0.1, 0.15) is 16.1 Å². The van der Waals surface area contributed by atoms with E-state index < -0.39 is 5.82 Å². The number of aryl methyl sites for hydroxylation is 2. The van der Waals surface area contributed by atoms with Crippen molar-refractivity contribution in [3.05, 3.63) is 40.2 Å². The molecule has 0 aliphatic rings. The van der Waals surface area contributed by atoms with Crippen LogP contribution in [0.3, 0.4) is 0 Å². The molecule has 17 heavy (non-hydrogen) atoms. The van der Waals surface area contributed by atoms with Crippen LogP contribution in [0.4, 0.5) is 4.39 Å². The molecule has 0 saturated carbocycles. The number of benzene rings is 1. The molecule has 0 bridgehead atoms. The lowest BCUT2D eigenvalue weighted by atomic mass is 10.2. The highest BCUT2D eigenvalue weighted by molar-refractivity contribution is 7.13. The Kier molecular flexibility index (Phi) is 3.40. The zero-order chi connectivity index (χ0) is 12.4. The third-order valence-electron chi connectivity index (χ3n) is 2.44. The largest absolute Gasteiger partial charge is 0.428 e. The summed E-state index contributed by atoms with van der Waals surface area (Å²) in [5.74, 6) is -0.241. The summed E-state index contributed by atoms with van der Waals surface area (Å²) < 4.78 is 19.0. The lowest BCUT2D eigenvalue weighted by Gasteiger charge is -2.04. The number of hydrogen-bond acceptors (Lipinski definition) is 4. The average Bonchev–Trinajstić information content (AvgIpc) is 2.61. The number of hydrogen-bond donors (Lipinski definition) is 1. The van der Waals surface area contributed by atoms with Gasteiger partial charge in [0.05, 0.1) is 5.69 Å². The third-order valence-corrected chi connectivity index (χ3v) is 3.39. The van der Waals surface area contributed by atoms with Crippen LogP contribution in [-0.2, 0) is 6.54 Å². The lowest BCUT2D eigenvalue weighted by molar-refractivity contribution is 0.438. The fourth-order valence-electron chi connectivity index (χ4n) is 1.34. The van der Waals surface area contributed by atoms with Crippen LogP contribution in [0.5, 0.6) is 10.9 Å². The predicted octanol–water partition coefficient (Wildman–Crippen LogP) is 3.15. The molecule has 0 fully saturated rings. The van der Waals surface area contributed by atoms with Crippen molar-refractivity contribution in [1.82, 2.24) is 4.98 Å². The van der Waals surface area contributed by atoms with Gasteiger partial charge in [-0.3, -0.25) is 0 Å². The fourth-order valence-corrected chi connectivity index (χ4v) is 2.10. The van der Waals surface area contributed by atoms with Crippen molar-refractivity contribution >= 4 is 11.3 Å². The molecular formula is C12H13FN2OS. The first-order valence-corrected chi connectivity index (χ1v) is 6.02. The molecular weight excluding hydrogens is 239 g/mol. The minimum Gasteiger partial charge on any atom is -0.428 e. The number of nitrogens with two attached hydrogens (primary N) is 1. The van der Waals surface area contributed by atoms with E-state index >= 15 is 0 Å². The molecule has 2 rings (SSSR count). The van der Waals surface area contributed by atoms with Crippen LogP contribution in [0.2, 0.25) is 0 Å². The first kappa shape index (κ1) is 12.0. The van der Waals surface area contributed by atoms with E-state index in [1.807, 2.05) is 13.8 Å². The van der Waals surface area contributed by atoms with Gasteiger partial charge in [0.25, 0.3) is 5.19 Å². The van der Waals surface area contributed by atoms with Gasteiger partial charge in [-0.2, -0.15) is 0 Å². The Morgan fingerprint density at radius 1 is 1.41 bits per heavy atom. The van der Waals surface area contributed by atoms with Crippen molar-refractivity contribution in [3.63, 3.8) is 0 Å². The summed E-state index contributed by atoms with van der Waals surface area (Å²) in [6, 6.07) is 4.69. The van der Waals surface area contributed by atoms with Gasteiger partial charge in [-0.15, -0.1) is 0 Å². The molecule has 0 radical (unpaired) electrons. The van der Waals surface area contributed by atoms with Crippen LogP contribution in [0, 0.1) is 19.7 Å². The second kappa shape index (κ2) is 4.81. The highest BCUT2D eigenvalue weighted by Crippen LogP contribution is 2.30. The molecule has 5 heteroatoms. The maximum atomic E-state index is 13.6. The molecule has 0 aliphatic carbocycles. The van der Waals surface area contributed by atoms with E-state index in [1.165, 1.54) is 17.4 Å². The normalized spacial score (nSPS) is 10.6. The second-order valence-corrected chi connectivity index (χ2v) is 4.86. The summed E-state index contributed by atoms with van der Waals surface area (Å²) in [4.78, 5) is 5.26. The highest BCUT2D eigenvalue weighted by Gasteiger charge is 2.09. The van der Waals surface area contributed by atoms with E-state index in [-0.39, 0.29) is 5.75 Å². The van der Waals surface area contributed by atoms with E-state index in [0.717, 1.165) is 16.1 Å². The van der Waals surface area contributed by atoms with E-state index in [1.54, 1.807) is 12.1 Å². The van der Waals surface area contributed by atoms with Crippen LogP contribution in [0.15, 0.2) is 18.2 Å². The molecule has 0 saturated heterocycles. The number of thiazole rings is 1. The van der Waals surface area contributed by atoms with Gasteiger partial charge in [0, 0.05) is 11.4 Å². The molecule has 1 heterocycles. The summed E-state index contributed by atoms with van der Waals surface area (Å²) >= 11 is 1.40. The van der Waals surface area contributed by atoms with Gasteiger partial charge in [-0.1, -0.05) is 17.4 Å². The Hall–Kier alpha value is -1.46. The number of ether oxygens (including phenoxy) is 1. The monoisotopic (exact) mass is 252 g/mol. The SMILES string of the molecule is Cc1nc(Oc2ccc(CN)cc2F)sc1C. The molecule has 0 atom stereocenters. The second-order valence-electron chi connectivity index (χ2n) is 3.69. The van der Waals surface area contributed by atoms with Crippen molar-refractivity contribution in [1.29, 1.82) is 0 Å². The number of aromatic nitrogens is 1. The van der Waals surface area contributed by atoms with Crippen LogP contribution in [0.25, 0.3) is 0 Å². The van der Waals surface area contributed by atoms with Gasteiger partial charge < -0.3 is 10.5 Å². The van der Waals surface area contributed by atoms with E-state index in [2.05, 4.69) is 4.98 Å². The van der Waals surface area contributed by atoms with Crippen molar-refractivity contribution in [3.8, 4) is 10.9 Å². The molecule has 3 nitrogen and oxygen atoms in total. The average molecular weight is 252 g/mol. The van der Waals surface area contributed by atoms with Crippen molar-refractivity contribution < 1.29 is 9.13 Å². The topological polar surface area (TPSA) is 48.1 Å². The Bertz CT molecular complexity index is 520. The maximum Gasteiger partial charge on any atom is 0.279 e. The summed E-state index contributed by atoms with van der Waals surface area (Å²) in [7, 11) is 0. The zero-order valence-electron chi connectivity index (χ0n) is 9.66. The zero-order valence-corrected chi connectivity index (χ0v) is 10.5. The molecule has 90 valence electrons. The third kappa shape index (κ3) is 2.62. The first-order chi connectivity index (χ1) is 8.10. The van der Waals surface area contributed by atoms with Crippen LogP contribution < -0.4 is 10.5 Å². The van der Waals surface area contributed by atoms with Gasteiger partial charge in [0.2, 0.25) is 0 Å². The summed E-state index contributed by atoms with van der Waals surface area (Å²) in [5, 5.41) is 0.458. The maximum absolute atomic E-state index is 13.6. The molecule has 0 spiro atoms. The van der Waals surface area contributed by atoms with Crippen molar-refractivity contribution in [2.24, 2.45) is 5.73 Å². The number of nitrogens with zero attached hydrogens (tertiary/aromatic N) is 1. The Balaban J connectivity index is 2.24. The minimum atomic E-state index is -0.418. The van der Waals surface area contributed by atoms with Gasteiger partial charge >= 0.3 is 0 Å². The molecule has 1 aromatic carbocycles. The van der Waals surface area contributed by atoms with E-state index in [9.17, 15) is 4.39 Å². The van der Waals surface area contributed by atoms with E-state index in [0.29, 0.717) is 11.7 Å². The fraction of sp³-hybridized carbons (Fsp3) is 0.250. The molecule has 0 aliphatic heterocycles. The minimum absolute atomic E-state index is 0.177. The van der Waals surface area contributed by atoms with Gasteiger partial charge in [0.1, 0.15) is 0 Å². The molecule has 0 unspecified atom stereocenters. The van der Waals surface area contributed by atoms with Crippen LogP contribution in [-0.4, -0.2) is 4.98 Å². The number of rotatable bonds is 3. The molecule has 1 aromatic heterocycles. The Morgan fingerprint density at radius 3 is 2.71 bits per heavy atom. The summed E-state index contributed by atoms with van der Waals surface area (Å²) in [6.07, 6.45) is 0. The lowest BCUT2D eigenvalue weighted by Crippen LogP contribution is -1.97. The van der Waals surface area contributed by atoms with Gasteiger partial charge in [0.15, 0.2) is 11.6 Å². The Labute approximate surface area is 103 Å². The summed E-state index contributed by atoms with van der Waals surface area (Å²) in [6.45, 7) is 4.16. The summed E-state index contributed by atoms with van der Waals surface area (Å²) in [5.41, 5.74) is 7.07. The highest BCUT2D eigenvalue weighted by atomic mass is 32.1. The smallest absolute Gasteiger partial charge is 0.279 e. The van der Waals surface area contributed by atoms with Gasteiger partial charge in [-0.05, 0) is 31.5 Å². The first-order valence-electron chi connectivity index (χ1n) is 5.20. The predicted molar refractivity (Wildman–Crippen MR) is 66.0 cm³/mol. The van der Waals surface area contributed by atoms with Crippen molar-refractivity contribution in [2.75, 3.05) is 0 Å². The Morgan fingerprint density at radius 2 is 2.18 bits per heavy atom. The molecule has 2 N–H and O–H groups in total. The van der Waals surface area contributed by atoms with Crippen LogP contribution >= 0.6 is 11.3 Å². The van der Waals surface area contributed by atoms with Crippen molar-refractivity contribution in [2.45, 2.75) is 20.4 Å². The molecule has 2 aromatic rings.